The Labute approximate surface area is 94.7 Å². The van der Waals surface area contributed by atoms with E-state index < -0.39 is 0 Å². The highest BCUT2D eigenvalue weighted by atomic mass is 15.0. The number of nitrogens with zero attached hydrogens (tertiary/aromatic N) is 1. The maximum Gasteiger partial charge on any atom is 0.137 e. The van der Waals surface area contributed by atoms with Gasteiger partial charge in [0.15, 0.2) is 0 Å². The van der Waals surface area contributed by atoms with Crippen molar-refractivity contribution < 1.29 is 0 Å². The number of benzene rings is 1. The average Bonchev–Trinajstić information content (AvgIpc) is 3.10. The van der Waals surface area contributed by atoms with Crippen molar-refractivity contribution in [2.24, 2.45) is 5.73 Å². The van der Waals surface area contributed by atoms with E-state index in [2.05, 4.69) is 22.1 Å². The van der Waals surface area contributed by atoms with Crippen LogP contribution in [0, 0.1) is 0 Å². The maximum absolute atomic E-state index is 5.74. The molecule has 3 rings (SSSR count). The molecule has 3 nitrogen and oxygen atoms in total. The summed E-state index contributed by atoms with van der Waals surface area (Å²) < 4.78 is 0. The highest BCUT2D eigenvalue weighted by Gasteiger charge is 2.29. The van der Waals surface area contributed by atoms with Gasteiger partial charge in [0.2, 0.25) is 0 Å². The first-order valence-electron chi connectivity index (χ1n) is 5.72. The number of rotatable bonds is 3. The summed E-state index contributed by atoms with van der Waals surface area (Å²) in [5, 5.41) is 0. The van der Waals surface area contributed by atoms with Crippen molar-refractivity contribution in [2.45, 2.75) is 25.3 Å². The fourth-order valence-corrected chi connectivity index (χ4v) is 2.01. The minimum absolute atomic E-state index is 0.547. The van der Waals surface area contributed by atoms with Gasteiger partial charge in [0, 0.05) is 18.0 Å². The van der Waals surface area contributed by atoms with Crippen LogP contribution in [0.2, 0.25) is 0 Å². The summed E-state index contributed by atoms with van der Waals surface area (Å²) in [6.45, 7) is 0.547. The number of nitrogens with one attached hydrogen (secondary N) is 1. The van der Waals surface area contributed by atoms with Gasteiger partial charge >= 0.3 is 0 Å². The normalized spacial score (nSPS) is 15.3. The zero-order valence-corrected chi connectivity index (χ0v) is 9.11. The standard InChI is InChI=1S/C13H15N3/c14-8-11-12(9-6-7-9)16-13(15-11)10-4-2-1-3-5-10/h1-5,9H,6-8,14H2,(H,15,16). The lowest BCUT2D eigenvalue weighted by atomic mass is 10.2. The van der Waals surface area contributed by atoms with Crippen LogP contribution < -0.4 is 5.73 Å². The summed E-state index contributed by atoms with van der Waals surface area (Å²) in [6.07, 6.45) is 2.51. The first kappa shape index (κ1) is 9.60. The predicted octanol–water partition coefficient (Wildman–Crippen LogP) is 2.41. The molecule has 1 saturated carbocycles. The molecule has 3 heteroatoms. The van der Waals surface area contributed by atoms with E-state index in [4.69, 9.17) is 5.73 Å². The first-order chi connectivity index (χ1) is 7.88. The monoisotopic (exact) mass is 213 g/mol. The van der Waals surface area contributed by atoms with E-state index in [-0.39, 0.29) is 0 Å². The molecule has 82 valence electrons. The van der Waals surface area contributed by atoms with Crippen LogP contribution in [0.1, 0.15) is 30.1 Å². The van der Waals surface area contributed by atoms with Gasteiger partial charge in [-0.2, -0.15) is 0 Å². The second kappa shape index (κ2) is 3.76. The van der Waals surface area contributed by atoms with Crippen molar-refractivity contribution in [3.8, 4) is 11.4 Å². The molecule has 1 fully saturated rings. The fourth-order valence-electron chi connectivity index (χ4n) is 2.01. The molecular formula is C13H15N3. The number of aromatic nitrogens is 2. The Morgan fingerprint density at radius 3 is 2.62 bits per heavy atom. The summed E-state index contributed by atoms with van der Waals surface area (Å²) in [7, 11) is 0. The number of imidazole rings is 1. The molecule has 3 N–H and O–H groups in total. The number of nitrogens with two attached hydrogens (primary N) is 1. The Morgan fingerprint density at radius 1 is 1.25 bits per heavy atom. The minimum Gasteiger partial charge on any atom is -0.341 e. The molecule has 1 aliphatic carbocycles. The fraction of sp³-hybridized carbons (Fsp3) is 0.308. The molecule has 0 bridgehead atoms. The lowest BCUT2D eigenvalue weighted by Crippen LogP contribution is -1.99. The quantitative estimate of drug-likeness (QED) is 0.822. The smallest absolute Gasteiger partial charge is 0.137 e. The van der Waals surface area contributed by atoms with Gasteiger partial charge in [0.25, 0.3) is 0 Å². The molecule has 1 aromatic carbocycles. The largest absolute Gasteiger partial charge is 0.341 e. The first-order valence-corrected chi connectivity index (χ1v) is 5.72. The molecule has 0 aliphatic heterocycles. The Kier molecular flexibility index (Phi) is 2.26. The third-order valence-corrected chi connectivity index (χ3v) is 3.03. The van der Waals surface area contributed by atoms with Gasteiger partial charge in [-0.05, 0) is 12.8 Å². The van der Waals surface area contributed by atoms with Crippen LogP contribution in [0.3, 0.4) is 0 Å². The molecule has 16 heavy (non-hydrogen) atoms. The second-order valence-electron chi connectivity index (χ2n) is 4.29. The highest BCUT2D eigenvalue weighted by Crippen LogP contribution is 2.41. The van der Waals surface area contributed by atoms with Crippen LogP contribution in [-0.2, 0) is 6.54 Å². The molecule has 0 atom stereocenters. The van der Waals surface area contributed by atoms with Crippen molar-refractivity contribution in [1.29, 1.82) is 0 Å². The van der Waals surface area contributed by atoms with E-state index >= 15 is 0 Å². The Morgan fingerprint density at radius 2 is 2.00 bits per heavy atom. The molecular weight excluding hydrogens is 198 g/mol. The van der Waals surface area contributed by atoms with Crippen molar-refractivity contribution >= 4 is 0 Å². The van der Waals surface area contributed by atoms with Crippen molar-refractivity contribution in [3.05, 3.63) is 41.7 Å². The third kappa shape index (κ3) is 1.63. The Hall–Kier alpha value is -1.61. The number of aromatic amines is 1. The molecule has 0 amide bonds. The van der Waals surface area contributed by atoms with E-state index in [9.17, 15) is 0 Å². The summed E-state index contributed by atoms with van der Waals surface area (Å²) in [6, 6.07) is 10.2. The van der Waals surface area contributed by atoms with Crippen molar-refractivity contribution in [3.63, 3.8) is 0 Å². The van der Waals surface area contributed by atoms with Gasteiger partial charge in [-0.15, -0.1) is 0 Å². The van der Waals surface area contributed by atoms with Crippen LogP contribution in [0.15, 0.2) is 30.3 Å². The van der Waals surface area contributed by atoms with Crippen LogP contribution in [0.5, 0.6) is 0 Å². The predicted molar refractivity (Wildman–Crippen MR) is 63.9 cm³/mol. The Bertz CT molecular complexity index is 483. The molecule has 0 spiro atoms. The zero-order valence-electron chi connectivity index (χ0n) is 9.11. The average molecular weight is 213 g/mol. The van der Waals surface area contributed by atoms with Crippen molar-refractivity contribution in [1.82, 2.24) is 9.97 Å². The minimum atomic E-state index is 0.547. The molecule has 0 saturated heterocycles. The molecule has 2 aromatic rings. The van der Waals surface area contributed by atoms with Crippen molar-refractivity contribution in [2.75, 3.05) is 0 Å². The van der Waals surface area contributed by atoms with Crippen LogP contribution in [0.4, 0.5) is 0 Å². The second-order valence-corrected chi connectivity index (χ2v) is 4.29. The van der Waals surface area contributed by atoms with Crippen LogP contribution in [0.25, 0.3) is 11.4 Å². The van der Waals surface area contributed by atoms with Gasteiger partial charge in [0.1, 0.15) is 5.82 Å². The van der Waals surface area contributed by atoms with E-state index in [0.29, 0.717) is 12.5 Å². The van der Waals surface area contributed by atoms with Gasteiger partial charge in [0.05, 0.1) is 11.4 Å². The molecule has 1 aromatic heterocycles. The Balaban J connectivity index is 2.02. The van der Waals surface area contributed by atoms with E-state index in [1.807, 2.05) is 18.2 Å². The number of H-pyrrole nitrogens is 1. The van der Waals surface area contributed by atoms with E-state index in [0.717, 1.165) is 17.1 Å². The van der Waals surface area contributed by atoms with Gasteiger partial charge in [-0.25, -0.2) is 4.98 Å². The van der Waals surface area contributed by atoms with Gasteiger partial charge in [-0.3, -0.25) is 0 Å². The maximum atomic E-state index is 5.74. The number of hydrogen-bond acceptors (Lipinski definition) is 2. The summed E-state index contributed by atoms with van der Waals surface area (Å²) >= 11 is 0. The van der Waals surface area contributed by atoms with Crippen LogP contribution in [-0.4, -0.2) is 9.97 Å². The van der Waals surface area contributed by atoms with Gasteiger partial charge < -0.3 is 10.7 Å². The summed E-state index contributed by atoms with van der Waals surface area (Å²) in [5.74, 6) is 1.59. The molecule has 0 unspecified atom stereocenters. The molecule has 1 aliphatic rings. The lowest BCUT2D eigenvalue weighted by Gasteiger charge is -1.94. The topological polar surface area (TPSA) is 54.7 Å². The highest BCUT2D eigenvalue weighted by molar-refractivity contribution is 5.56. The lowest BCUT2D eigenvalue weighted by molar-refractivity contribution is 0.944. The summed E-state index contributed by atoms with van der Waals surface area (Å²) in [4.78, 5) is 8.01. The third-order valence-electron chi connectivity index (χ3n) is 3.03. The summed E-state index contributed by atoms with van der Waals surface area (Å²) in [5.41, 5.74) is 9.15. The van der Waals surface area contributed by atoms with E-state index in [1.165, 1.54) is 18.5 Å². The molecule has 0 radical (unpaired) electrons. The van der Waals surface area contributed by atoms with Gasteiger partial charge in [-0.1, -0.05) is 30.3 Å². The molecule has 1 heterocycles. The SMILES string of the molecule is NCc1[nH]c(-c2ccccc2)nc1C1CC1. The zero-order chi connectivity index (χ0) is 11.0. The number of hydrogen-bond donors (Lipinski definition) is 2. The van der Waals surface area contributed by atoms with E-state index in [1.54, 1.807) is 0 Å². The van der Waals surface area contributed by atoms with Crippen LogP contribution >= 0.6 is 0 Å².